The van der Waals surface area contributed by atoms with E-state index in [9.17, 15) is 0 Å². The Labute approximate surface area is 115 Å². The largest absolute Gasteiger partial charge is 0.368 e. The fraction of sp³-hybridized carbons (Fsp3) is 0.294. The van der Waals surface area contributed by atoms with E-state index in [2.05, 4.69) is 71.4 Å². The average Bonchev–Trinajstić information content (AvgIpc) is 2.49. The van der Waals surface area contributed by atoms with Gasteiger partial charge in [0.05, 0.1) is 0 Å². The van der Waals surface area contributed by atoms with Gasteiger partial charge in [0, 0.05) is 37.4 Å². The van der Waals surface area contributed by atoms with Gasteiger partial charge in [0.25, 0.3) is 0 Å². The summed E-state index contributed by atoms with van der Waals surface area (Å²) in [5.74, 6) is 0. The van der Waals surface area contributed by atoms with E-state index in [0.29, 0.717) is 0 Å². The second kappa shape index (κ2) is 5.45. The number of nitrogens with zero attached hydrogens (tertiary/aromatic N) is 2. The molecule has 0 radical (unpaired) electrons. The smallest absolute Gasteiger partial charge is 0.0446 e. The van der Waals surface area contributed by atoms with Gasteiger partial charge in [-0.15, -0.1) is 0 Å². The molecule has 0 saturated carbocycles. The zero-order valence-corrected chi connectivity index (χ0v) is 11.4. The molecule has 2 nitrogen and oxygen atoms in total. The van der Waals surface area contributed by atoms with Gasteiger partial charge < -0.3 is 9.80 Å². The van der Waals surface area contributed by atoms with Gasteiger partial charge in [0.15, 0.2) is 0 Å². The highest BCUT2D eigenvalue weighted by Gasteiger charge is 2.16. The normalized spacial score (nSPS) is 16.6. The van der Waals surface area contributed by atoms with Gasteiger partial charge in [-0.05, 0) is 18.7 Å². The molecule has 0 aromatic heterocycles. The molecular formula is C17H20N2. The van der Waals surface area contributed by atoms with Crippen molar-refractivity contribution in [3.63, 3.8) is 0 Å². The predicted octanol–water partition coefficient (Wildman–Crippen LogP) is 3.11. The lowest BCUT2D eigenvalue weighted by atomic mass is 10.0. The highest BCUT2D eigenvalue weighted by molar-refractivity contribution is 5.78. The summed E-state index contributed by atoms with van der Waals surface area (Å²) in [7, 11) is 2.19. The predicted molar refractivity (Wildman–Crippen MR) is 81.6 cm³/mol. The van der Waals surface area contributed by atoms with Gasteiger partial charge in [-0.25, -0.2) is 0 Å². The Kier molecular flexibility index (Phi) is 3.51. The highest BCUT2D eigenvalue weighted by atomic mass is 15.2. The number of para-hydroxylation sites is 1. The van der Waals surface area contributed by atoms with Crippen molar-refractivity contribution >= 4 is 5.69 Å². The molecule has 1 aliphatic rings. The van der Waals surface area contributed by atoms with Crippen LogP contribution in [0.3, 0.4) is 0 Å². The number of anilines is 1. The third kappa shape index (κ3) is 2.64. The lowest BCUT2D eigenvalue weighted by molar-refractivity contribution is 0.313. The first-order valence-electron chi connectivity index (χ1n) is 6.92. The zero-order chi connectivity index (χ0) is 13.1. The molecule has 0 bridgehead atoms. The number of benzene rings is 2. The van der Waals surface area contributed by atoms with Crippen LogP contribution in [0, 0.1) is 0 Å². The van der Waals surface area contributed by atoms with E-state index >= 15 is 0 Å². The standard InChI is InChI=1S/C17H20N2/c1-18-11-13-19(14-12-18)17-10-6-5-9-16(17)15-7-3-2-4-8-15/h2-10H,11-14H2,1H3. The Morgan fingerprint density at radius 2 is 1.37 bits per heavy atom. The maximum absolute atomic E-state index is 2.50. The highest BCUT2D eigenvalue weighted by Crippen LogP contribution is 2.30. The minimum absolute atomic E-state index is 1.11. The van der Waals surface area contributed by atoms with E-state index in [1.165, 1.54) is 16.8 Å². The van der Waals surface area contributed by atoms with E-state index in [-0.39, 0.29) is 0 Å². The van der Waals surface area contributed by atoms with Gasteiger partial charge in [-0.3, -0.25) is 0 Å². The van der Waals surface area contributed by atoms with E-state index in [0.717, 1.165) is 26.2 Å². The fourth-order valence-corrected chi connectivity index (χ4v) is 2.66. The minimum Gasteiger partial charge on any atom is -0.368 e. The summed E-state index contributed by atoms with van der Waals surface area (Å²) < 4.78 is 0. The molecule has 0 unspecified atom stereocenters. The van der Waals surface area contributed by atoms with Crippen LogP contribution in [0.15, 0.2) is 54.6 Å². The molecule has 1 fully saturated rings. The van der Waals surface area contributed by atoms with Crippen molar-refractivity contribution in [2.45, 2.75) is 0 Å². The van der Waals surface area contributed by atoms with Crippen LogP contribution in [0.25, 0.3) is 11.1 Å². The maximum atomic E-state index is 2.50. The van der Waals surface area contributed by atoms with E-state index < -0.39 is 0 Å². The lowest BCUT2D eigenvalue weighted by Gasteiger charge is -2.35. The summed E-state index contributed by atoms with van der Waals surface area (Å²) >= 11 is 0. The van der Waals surface area contributed by atoms with Crippen LogP contribution in [0.4, 0.5) is 5.69 Å². The van der Waals surface area contributed by atoms with Gasteiger partial charge in [-0.2, -0.15) is 0 Å². The number of hydrogen-bond donors (Lipinski definition) is 0. The molecule has 1 heterocycles. The monoisotopic (exact) mass is 252 g/mol. The van der Waals surface area contributed by atoms with E-state index in [1.807, 2.05) is 0 Å². The van der Waals surface area contributed by atoms with Crippen LogP contribution in [0.5, 0.6) is 0 Å². The zero-order valence-electron chi connectivity index (χ0n) is 11.4. The Morgan fingerprint density at radius 3 is 2.11 bits per heavy atom. The molecule has 2 heteroatoms. The van der Waals surface area contributed by atoms with Crippen molar-refractivity contribution in [1.82, 2.24) is 4.90 Å². The molecule has 19 heavy (non-hydrogen) atoms. The topological polar surface area (TPSA) is 6.48 Å². The fourth-order valence-electron chi connectivity index (χ4n) is 2.66. The quantitative estimate of drug-likeness (QED) is 0.810. The summed E-state index contributed by atoms with van der Waals surface area (Å²) in [6, 6.07) is 19.4. The summed E-state index contributed by atoms with van der Waals surface area (Å²) in [6.07, 6.45) is 0. The molecule has 1 saturated heterocycles. The summed E-state index contributed by atoms with van der Waals surface area (Å²) in [5.41, 5.74) is 4.01. The molecule has 98 valence electrons. The molecule has 0 spiro atoms. The number of rotatable bonds is 2. The van der Waals surface area contributed by atoms with Crippen LogP contribution in [0.1, 0.15) is 0 Å². The molecule has 1 aliphatic heterocycles. The van der Waals surface area contributed by atoms with Crippen molar-refractivity contribution in [2.75, 3.05) is 38.1 Å². The van der Waals surface area contributed by atoms with Crippen LogP contribution < -0.4 is 4.90 Å². The van der Waals surface area contributed by atoms with Crippen LogP contribution in [0.2, 0.25) is 0 Å². The van der Waals surface area contributed by atoms with Crippen molar-refractivity contribution in [1.29, 1.82) is 0 Å². The SMILES string of the molecule is CN1CCN(c2ccccc2-c2ccccc2)CC1. The summed E-state index contributed by atoms with van der Waals surface area (Å²) in [6.45, 7) is 4.51. The first-order chi connectivity index (χ1) is 9.34. The minimum atomic E-state index is 1.11. The molecule has 2 aromatic carbocycles. The maximum Gasteiger partial charge on any atom is 0.0446 e. The Bertz CT molecular complexity index is 528. The average molecular weight is 252 g/mol. The second-order valence-electron chi connectivity index (χ2n) is 5.17. The number of piperazine rings is 1. The van der Waals surface area contributed by atoms with Crippen LogP contribution in [-0.4, -0.2) is 38.1 Å². The van der Waals surface area contributed by atoms with Crippen LogP contribution >= 0.6 is 0 Å². The van der Waals surface area contributed by atoms with Crippen molar-refractivity contribution in [2.24, 2.45) is 0 Å². The van der Waals surface area contributed by atoms with Gasteiger partial charge in [0.1, 0.15) is 0 Å². The molecule has 0 atom stereocenters. The number of hydrogen-bond acceptors (Lipinski definition) is 2. The Morgan fingerprint density at radius 1 is 0.737 bits per heavy atom. The Hall–Kier alpha value is -1.80. The molecule has 3 rings (SSSR count). The first kappa shape index (κ1) is 12.2. The molecule has 0 amide bonds. The van der Waals surface area contributed by atoms with Crippen molar-refractivity contribution < 1.29 is 0 Å². The summed E-state index contributed by atoms with van der Waals surface area (Å²) in [5, 5.41) is 0. The number of likely N-dealkylation sites (N-methyl/N-ethyl adjacent to an activating group) is 1. The molecule has 0 N–H and O–H groups in total. The molecule has 0 aliphatic carbocycles. The van der Waals surface area contributed by atoms with Gasteiger partial charge >= 0.3 is 0 Å². The second-order valence-corrected chi connectivity index (χ2v) is 5.17. The molecular weight excluding hydrogens is 232 g/mol. The third-order valence-electron chi connectivity index (χ3n) is 3.83. The van der Waals surface area contributed by atoms with Crippen molar-refractivity contribution in [3.8, 4) is 11.1 Å². The molecule has 2 aromatic rings. The van der Waals surface area contributed by atoms with Crippen molar-refractivity contribution in [3.05, 3.63) is 54.6 Å². The lowest BCUT2D eigenvalue weighted by Crippen LogP contribution is -2.44. The first-order valence-corrected chi connectivity index (χ1v) is 6.92. The van der Waals surface area contributed by atoms with Gasteiger partial charge in [0.2, 0.25) is 0 Å². The van der Waals surface area contributed by atoms with E-state index in [1.54, 1.807) is 0 Å². The Balaban J connectivity index is 1.94. The third-order valence-corrected chi connectivity index (χ3v) is 3.83. The summed E-state index contributed by atoms with van der Waals surface area (Å²) in [4.78, 5) is 4.89. The van der Waals surface area contributed by atoms with E-state index in [4.69, 9.17) is 0 Å². The van der Waals surface area contributed by atoms with Gasteiger partial charge in [-0.1, -0.05) is 48.5 Å². The van der Waals surface area contributed by atoms with Crippen LogP contribution in [-0.2, 0) is 0 Å².